The van der Waals surface area contributed by atoms with E-state index in [2.05, 4.69) is 9.98 Å². The summed E-state index contributed by atoms with van der Waals surface area (Å²) >= 11 is 0. The Morgan fingerprint density at radius 2 is 0.950 bits per heavy atom. The van der Waals surface area contributed by atoms with Crippen molar-refractivity contribution in [2.24, 2.45) is 9.98 Å². The molecular weight excluding hydrogens is 252 g/mol. The topological polar surface area (TPSA) is 58.9 Å². The Labute approximate surface area is 122 Å². The summed E-state index contributed by atoms with van der Waals surface area (Å²) in [6.07, 6.45) is 12.1. The first kappa shape index (κ1) is 18.8. The number of rotatable bonds is 11. The van der Waals surface area contributed by atoms with Crippen molar-refractivity contribution < 1.29 is 9.59 Å². The third kappa shape index (κ3) is 10.7. The normalized spacial score (nSPS) is 11.6. The Bertz CT molecular complexity index is 327. The average molecular weight is 280 g/mol. The first-order valence-corrected chi connectivity index (χ1v) is 7.51. The lowest BCUT2D eigenvalue weighted by molar-refractivity contribution is 0.424. The van der Waals surface area contributed by atoms with Crippen molar-refractivity contribution in [1.29, 1.82) is 0 Å². The summed E-state index contributed by atoms with van der Waals surface area (Å²) in [6.45, 7) is 7.86. The molecule has 0 heterocycles. The van der Waals surface area contributed by atoms with Crippen LogP contribution in [0.4, 0.5) is 0 Å². The lowest BCUT2D eigenvalue weighted by Crippen LogP contribution is -2.16. The Balaban J connectivity index is 3.55. The number of hydrogen-bond acceptors (Lipinski definition) is 4. The summed E-state index contributed by atoms with van der Waals surface area (Å²) in [7, 11) is 0. The van der Waals surface area contributed by atoms with Crippen LogP contribution in [0.3, 0.4) is 0 Å². The Kier molecular flexibility index (Phi) is 9.03. The van der Waals surface area contributed by atoms with Gasteiger partial charge in [0.25, 0.3) is 0 Å². The monoisotopic (exact) mass is 280 g/mol. The van der Waals surface area contributed by atoms with E-state index < -0.39 is 0 Å². The molecule has 0 aliphatic heterocycles. The molecule has 0 rings (SSSR count). The largest absolute Gasteiger partial charge is 0.235 e. The second kappa shape index (κ2) is 9.63. The minimum Gasteiger partial charge on any atom is -0.211 e. The highest BCUT2D eigenvalue weighted by atomic mass is 16.1. The molecule has 0 aliphatic rings. The molecule has 0 N–H and O–H groups in total. The molecule has 0 unspecified atom stereocenters. The molecule has 0 radical (unpaired) electrons. The maximum atomic E-state index is 10.2. The van der Waals surface area contributed by atoms with Gasteiger partial charge in [-0.05, 0) is 40.5 Å². The fourth-order valence-electron chi connectivity index (χ4n) is 2.18. The minimum atomic E-state index is -0.265. The van der Waals surface area contributed by atoms with Gasteiger partial charge in [-0.25, -0.2) is 9.59 Å². The van der Waals surface area contributed by atoms with E-state index in [-0.39, 0.29) is 11.1 Å². The third-order valence-electron chi connectivity index (χ3n) is 3.52. The van der Waals surface area contributed by atoms with Crippen molar-refractivity contribution >= 4 is 12.2 Å². The molecule has 0 spiro atoms. The molecular formula is C16H28N2O2. The molecule has 0 saturated heterocycles. The third-order valence-corrected chi connectivity index (χ3v) is 3.52. The van der Waals surface area contributed by atoms with Gasteiger partial charge in [-0.2, -0.15) is 9.98 Å². The number of unbranched alkanes of at least 4 members (excludes halogenated alkanes) is 5. The molecule has 0 amide bonds. The van der Waals surface area contributed by atoms with E-state index >= 15 is 0 Å². The van der Waals surface area contributed by atoms with E-state index in [0.717, 1.165) is 25.7 Å². The second-order valence-electron chi connectivity index (χ2n) is 6.65. The molecule has 4 heteroatoms. The zero-order chi connectivity index (χ0) is 15.5. The highest BCUT2D eigenvalue weighted by Gasteiger charge is 2.16. The van der Waals surface area contributed by atoms with E-state index in [9.17, 15) is 9.59 Å². The minimum absolute atomic E-state index is 0.265. The predicted octanol–water partition coefficient (Wildman–Crippen LogP) is 4.34. The van der Waals surface area contributed by atoms with Crippen LogP contribution in [0, 0.1) is 0 Å². The standard InChI is InChI=1S/C16H28N2O2/c1-15(2,17-13-19)11-9-7-5-6-8-10-12-16(3,4)18-14-20/h5-12H2,1-4H3. The summed E-state index contributed by atoms with van der Waals surface area (Å²) in [5.41, 5.74) is -0.531. The lowest BCUT2D eigenvalue weighted by atomic mass is 9.95. The van der Waals surface area contributed by atoms with Crippen molar-refractivity contribution in [3.63, 3.8) is 0 Å². The van der Waals surface area contributed by atoms with Crippen molar-refractivity contribution in [3.8, 4) is 0 Å². The number of isocyanates is 2. The van der Waals surface area contributed by atoms with Gasteiger partial charge in [-0.3, -0.25) is 0 Å². The van der Waals surface area contributed by atoms with Gasteiger partial charge < -0.3 is 0 Å². The summed E-state index contributed by atoms with van der Waals surface area (Å²) in [4.78, 5) is 28.1. The molecule has 0 aromatic heterocycles. The molecule has 0 saturated carbocycles. The van der Waals surface area contributed by atoms with Crippen molar-refractivity contribution in [1.82, 2.24) is 0 Å². The van der Waals surface area contributed by atoms with Gasteiger partial charge in [0.2, 0.25) is 12.2 Å². The molecule has 4 nitrogen and oxygen atoms in total. The quantitative estimate of drug-likeness (QED) is 0.321. The fraction of sp³-hybridized carbons (Fsp3) is 0.875. The van der Waals surface area contributed by atoms with Crippen LogP contribution >= 0.6 is 0 Å². The van der Waals surface area contributed by atoms with Crippen molar-refractivity contribution in [3.05, 3.63) is 0 Å². The van der Waals surface area contributed by atoms with Crippen LogP contribution < -0.4 is 0 Å². The van der Waals surface area contributed by atoms with Crippen LogP contribution in [0.15, 0.2) is 9.98 Å². The summed E-state index contributed by atoms with van der Waals surface area (Å²) < 4.78 is 0. The molecule has 114 valence electrons. The molecule has 0 aromatic carbocycles. The lowest BCUT2D eigenvalue weighted by Gasteiger charge is -2.17. The zero-order valence-corrected chi connectivity index (χ0v) is 13.4. The van der Waals surface area contributed by atoms with E-state index in [1.54, 1.807) is 12.2 Å². The number of nitrogens with zero attached hydrogens (tertiary/aromatic N) is 2. The van der Waals surface area contributed by atoms with Crippen LogP contribution in [-0.2, 0) is 9.59 Å². The first-order chi connectivity index (χ1) is 9.33. The van der Waals surface area contributed by atoms with Gasteiger partial charge in [0.1, 0.15) is 0 Å². The molecule has 0 aliphatic carbocycles. The number of hydrogen-bond donors (Lipinski definition) is 0. The summed E-state index contributed by atoms with van der Waals surface area (Å²) in [5, 5.41) is 0. The smallest absolute Gasteiger partial charge is 0.211 e. The Morgan fingerprint density at radius 3 is 1.25 bits per heavy atom. The SMILES string of the molecule is CC(C)(CCCCCCCCC(C)(C)N=C=O)N=C=O. The van der Waals surface area contributed by atoms with Crippen LogP contribution in [-0.4, -0.2) is 23.2 Å². The average Bonchev–Trinajstić information content (AvgIpc) is 2.32. The second-order valence-corrected chi connectivity index (χ2v) is 6.65. The van der Waals surface area contributed by atoms with Gasteiger partial charge in [0.15, 0.2) is 0 Å². The van der Waals surface area contributed by atoms with E-state index in [1.807, 2.05) is 27.7 Å². The Hall–Kier alpha value is -1.24. The molecule has 0 bridgehead atoms. The molecule has 0 aromatic rings. The van der Waals surface area contributed by atoms with E-state index in [0.29, 0.717) is 0 Å². The summed E-state index contributed by atoms with van der Waals surface area (Å²) in [5.74, 6) is 0. The van der Waals surface area contributed by atoms with E-state index in [4.69, 9.17) is 0 Å². The van der Waals surface area contributed by atoms with Crippen LogP contribution in [0.1, 0.15) is 79.1 Å². The maximum Gasteiger partial charge on any atom is 0.235 e. The van der Waals surface area contributed by atoms with Gasteiger partial charge in [-0.1, -0.05) is 38.5 Å². The van der Waals surface area contributed by atoms with Crippen LogP contribution in [0.25, 0.3) is 0 Å². The first-order valence-electron chi connectivity index (χ1n) is 7.51. The molecule has 0 fully saturated rings. The van der Waals surface area contributed by atoms with Gasteiger partial charge in [-0.15, -0.1) is 0 Å². The van der Waals surface area contributed by atoms with Crippen LogP contribution in [0.5, 0.6) is 0 Å². The molecule has 0 atom stereocenters. The van der Waals surface area contributed by atoms with Gasteiger partial charge in [0, 0.05) is 0 Å². The molecule has 20 heavy (non-hydrogen) atoms. The highest BCUT2D eigenvalue weighted by molar-refractivity contribution is 5.34. The fourth-order valence-corrected chi connectivity index (χ4v) is 2.18. The van der Waals surface area contributed by atoms with Gasteiger partial charge in [0.05, 0.1) is 11.1 Å². The number of carbonyl (C=O) groups excluding carboxylic acids is 2. The zero-order valence-electron chi connectivity index (χ0n) is 13.4. The van der Waals surface area contributed by atoms with Gasteiger partial charge >= 0.3 is 0 Å². The number of aliphatic imine (C=N–C) groups is 2. The highest BCUT2D eigenvalue weighted by Crippen LogP contribution is 2.20. The Morgan fingerprint density at radius 1 is 0.650 bits per heavy atom. The predicted molar refractivity (Wildman–Crippen MR) is 81.3 cm³/mol. The van der Waals surface area contributed by atoms with Crippen molar-refractivity contribution in [2.75, 3.05) is 0 Å². The summed E-state index contributed by atoms with van der Waals surface area (Å²) in [6, 6.07) is 0. The van der Waals surface area contributed by atoms with Crippen molar-refractivity contribution in [2.45, 2.75) is 90.1 Å². The maximum absolute atomic E-state index is 10.2. The van der Waals surface area contributed by atoms with E-state index in [1.165, 1.54) is 25.7 Å². The van der Waals surface area contributed by atoms with Crippen LogP contribution in [0.2, 0.25) is 0 Å².